The van der Waals surface area contributed by atoms with E-state index in [1.807, 2.05) is 35.2 Å². The summed E-state index contributed by atoms with van der Waals surface area (Å²) < 4.78 is 0.243. The number of hydrogen-bond acceptors (Lipinski definition) is 3. The molecule has 0 bridgehead atoms. The SMILES string of the molecule is CC(C)(C)CN(Cc1ccccc1)C(=O)c1ccc2c(=O)[nH]c(=S)[nH]c2c1. The Labute approximate surface area is 163 Å². The second-order valence-electron chi connectivity index (χ2n) is 7.88. The van der Waals surface area contributed by atoms with Crippen LogP contribution in [0.15, 0.2) is 53.3 Å². The standard InChI is InChI=1S/C21H23N3O2S/c1-21(2,3)13-24(12-14-7-5-4-6-8-14)19(26)15-9-10-16-17(11-15)22-20(27)23-18(16)25/h4-11H,12-13H2,1-3H3,(H2,22,23,25,27). The van der Waals surface area contributed by atoms with Crippen LogP contribution in [0.1, 0.15) is 36.7 Å². The Morgan fingerprint density at radius 2 is 1.78 bits per heavy atom. The van der Waals surface area contributed by atoms with Gasteiger partial charge in [0.2, 0.25) is 0 Å². The third-order valence-corrected chi connectivity index (χ3v) is 4.36. The predicted octanol–water partition coefficient (Wildman–Crippen LogP) is 4.27. The van der Waals surface area contributed by atoms with Crippen molar-refractivity contribution in [2.75, 3.05) is 6.54 Å². The van der Waals surface area contributed by atoms with E-state index in [9.17, 15) is 9.59 Å². The van der Waals surface area contributed by atoms with Crippen molar-refractivity contribution in [3.05, 3.63) is 74.8 Å². The number of nitrogens with zero attached hydrogens (tertiary/aromatic N) is 1. The molecule has 1 amide bonds. The number of benzene rings is 2. The average Bonchev–Trinajstić information content (AvgIpc) is 2.59. The van der Waals surface area contributed by atoms with E-state index in [4.69, 9.17) is 12.2 Å². The average molecular weight is 382 g/mol. The summed E-state index contributed by atoms with van der Waals surface area (Å²) in [5, 5.41) is 0.477. The largest absolute Gasteiger partial charge is 0.334 e. The number of fused-ring (bicyclic) bond motifs is 1. The molecule has 0 aliphatic heterocycles. The van der Waals surface area contributed by atoms with E-state index in [0.717, 1.165) is 5.56 Å². The van der Waals surface area contributed by atoms with Crippen LogP contribution in [0.2, 0.25) is 0 Å². The van der Waals surface area contributed by atoms with Gasteiger partial charge in [-0.25, -0.2) is 0 Å². The van der Waals surface area contributed by atoms with Crippen molar-refractivity contribution in [3.8, 4) is 0 Å². The van der Waals surface area contributed by atoms with E-state index in [1.54, 1.807) is 18.2 Å². The van der Waals surface area contributed by atoms with Gasteiger partial charge in [0.05, 0.1) is 10.9 Å². The lowest BCUT2D eigenvalue weighted by Crippen LogP contribution is -2.37. The van der Waals surface area contributed by atoms with Crippen LogP contribution in [0.25, 0.3) is 10.9 Å². The summed E-state index contributed by atoms with van der Waals surface area (Å²) in [7, 11) is 0. The summed E-state index contributed by atoms with van der Waals surface area (Å²) in [5.74, 6) is -0.0738. The van der Waals surface area contributed by atoms with Crippen molar-refractivity contribution in [2.45, 2.75) is 27.3 Å². The highest BCUT2D eigenvalue weighted by molar-refractivity contribution is 7.71. The number of nitrogens with one attached hydrogen (secondary N) is 2. The summed E-state index contributed by atoms with van der Waals surface area (Å²) in [6.45, 7) is 7.46. The molecule has 1 aromatic heterocycles. The summed E-state index contributed by atoms with van der Waals surface area (Å²) in [4.78, 5) is 32.6. The minimum atomic E-state index is -0.261. The van der Waals surface area contributed by atoms with Gasteiger partial charge in [0.15, 0.2) is 4.77 Å². The van der Waals surface area contributed by atoms with E-state index in [2.05, 4.69) is 30.7 Å². The van der Waals surface area contributed by atoms with E-state index in [1.165, 1.54) is 0 Å². The Kier molecular flexibility index (Phi) is 5.28. The maximum atomic E-state index is 13.2. The Bertz CT molecular complexity index is 1080. The Morgan fingerprint density at radius 1 is 1.07 bits per heavy atom. The van der Waals surface area contributed by atoms with Gasteiger partial charge >= 0.3 is 0 Å². The van der Waals surface area contributed by atoms with Crippen LogP contribution >= 0.6 is 12.2 Å². The van der Waals surface area contributed by atoms with E-state index < -0.39 is 0 Å². The zero-order valence-electron chi connectivity index (χ0n) is 15.7. The van der Waals surface area contributed by atoms with Gasteiger partial charge < -0.3 is 9.88 Å². The molecule has 0 aliphatic rings. The van der Waals surface area contributed by atoms with Crippen LogP contribution < -0.4 is 5.56 Å². The van der Waals surface area contributed by atoms with Crippen LogP contribution in [-0.4, -0.2) is 27.3 Å². The molecule has 3 rings (SSSR count). The topological polar surface area (TPSA) is 69.0 Å². The molecule has 2 N–H and O–H groups in total. The maximum Gasteiger partial charge on any atom is 0.259 e. The first-order chi connectivity index (χ1) is 12.7. The quantitative estimate of drug-likeness (QED) is 0.663. The molecule has 0 fully saturated rings. The van der Waals surface area contributed by atoms with Gasteiger partial charge in [0.1, 0.15) is 0 Å². The highest BCUT2D eigenvalue weighted by Gasteiger charge is 2.22. The fraction of sp³-hybridized carbons (Fsp3) is 0.286. The van der Waals surface area contributed by atoms with Crippen molar-refractivity contribution < 1.29 is 4.79 Å². The van der Waals surface area contributed by atoms with Gasteiger partial charge in [-0.15, -0.1) is 0 Å². The summed E-state index contributed by atoms with van der Waals surface area (Å²) >= 11 is 5.04. The lowest BCUT2D eigenvalue weighted by molar-refractivity contribution is 0.0680. The first-order valence-electron chi connectivity index (χ1n) is 8.82. The minimum Gasteiger partial charge on any atom is -0.334 e. The molecule has 6 heteroatoms. The molecule has 0 spiro atoms. The Hall–Kier alpha value is -2.73. The van der Waals surface area contributed by atoms with Crippen LogP contribution in [0.4, 0.5) is 0 Å². The smallest absolute Gasteiger partial charge is 0.259 e. The molecule has 5 nitrogen and oxygen atoms in total. The Morgan fingerprint density at radius 3 is 2.44 bits per heavy atom. The van der Waals surface area contributed by atoms with Crippen LogP contribution in [0.3, 0.4) is 0 Å². The molecule has 0 saturated carbocycles. The predicted molar refractivity (Wildman–Crippen MR) is 110 cm³/mol. The summed E-state index contributed by atoms with van der Waals surface area (Å²) in [5.41, 5.74) is 1.86. The van der Waals surface area contributed by atoms with Gasteiger partial charge in [-0.05, 0) is 41.4 Å². The molecule has 0 unspecified atom stereocenters. The van der Waals surface area contributed by atoms with Crippen LogP contribution in [0, 0.1) is 10.2 Å². The monoisotopic (exact) mass is 381 g/mol. The molecule has 27 heavy (non-hydrogen) atoms. The lowest BCUT2D eigenvalue weighted by atomic mass is 9.95. The lowest BCUT2D eigenvalue weighted by Gasteiger charge is -2.30. The van der Waals surface area contributed by atoms with Crippen molar-refractivity contribution in [1.29, 1.82) is 0 Å². The highest BCUT2D eigenvalue weighted by Crippen LogP contribution is 2.20. The number of amides is 1. The molecule has 0 aliphatic carbocycles. The number of rotatable bonds is 4. The first-order valence-corrected chi connectivity index (χ1v) is 9.23. The number of aromatic nitrogens is 2. The van der Waals surface area contributed by atoms with Crippen molar-refractivity contribution in [3.63, 3.8) is 0 Å². The summed E-state index contributed by atoms with van der Waals surface area (Å²) in [6, 6.07) is 15.0. The molecule has 2 aromatic carbocycles. The number of carbonyl (C=O) groups is 1. The molecular weight excluding hydrogens is 358 g/mol. The highest BCUT2D eigenvalue weighted by atomic mass is 32.1. The van der Waals surface area contributed by atoms with Gasteiger partial charge in [-0.3, -0.25) is 14.6 Å². The Balaban J connectivity index is 1.98. The second-order valence-corrected chi connectivity index (χ2v) is 8.28. The number of aromatic amines is 2. The number of H-pyrrole nitrogens is 2. The number of hydrogen-bond donors (Lipinski definition) is 2. The van der Waals surface area contributed by atoms with Gasteiger partial charge in [0, 0.05) is 18.7 Å². The van der Waals surface area contributed by atoms with Crippen molar-refractivity contribution >= 4 is 29.0 Å². The normalized spacial score (nSPS) is 11.5. The van der Waals surface area contributed by atoms with Gasteiger partial charge in [-0.1, -0.05) is 51.1 Å². The molecular formula is C21H23N3O2S. The zero-order chi connectivity index (χ0) is 19.6. The molecule has 140 valence electrons. The maximum absolute atomic E-state index is 13.2. The van der Waals surface area contributed by atoms with Crippen LogP contribution in [0.5, 0.6) is 0 Å². The van der Waals surface area contributed by atoms with Crippen molar-refractivity contribution in [1.82, 2.24) is 14.9 Å². The fourth-order valence-corrected chi connectivity index (χ4v) is 3.26. The first kappa shape index (κ1) is 19.0. The summed E-state index contributed by atoms with van der Waals surface area (Å²) in [6.07, 6.45) is 0. The molecule has 0 atom stereocenters. The second kappa shape index (κ2) is 7.48. The molecule has 0 saturated heterocycles. The molecule has 1 heterocycles. The van der Waals surface area contributed by atoms with E-state index in [-0.39, 0.29) is 21.7 Å². The number of carbonyl (C=O) groups excluding carboxylic acids is 1. The third kappa shape index (κ3) is 4.71. The van der Waals surface area contributed by atoms with Gasteiger partial charge in [-0.2, -0.15) is 0 Å². The van der Waals surface area contributed by atoms with Crippen molar-refractivity contribution in [2.24, 2.45) is 5.41 Å². The molecule has 0 radical (unpaired) electrons. The van der Waals surface area contributed by atoms with E-state index >= 15 is 0 Å². The zero-order valence-corrected chi connectivity index (χ0v) is 16.5. The van der Waals surface area contributed by atoms with Crippen LogP contribution in [-0.2, 0) is 6.54 Å². The van der Waals surface area contributed by atoms with E-state index in [0.29, 0.717) is 29.6 Å². The third-order valence-electron chi connectivity index (χ3n) is 4.16. The van der Waals surface area contributed by atoms with Gasteiger partial charge in [0.25, 0.3) is 11.5 Å². The molecule has 3 aromatic rings. The fourth-order valence-electron chi connectivity index (χ4n) is 3.06. The minimum absolute atomic E-state index is 0.0433.